The number of aliphatic hydroxyl groups is 1. The molecule has 2 aliphatic rings. The molecule has 3 rings (SSSR count). The molecule has 0 aromatic heterocycles. The van der Waals surface area contributed by atoms with Crippen molar-refractivity contribution in [3.05, 3.63) is 35.9 Å². The van der Waals surface area contributed by atoms with E-state index in [0.717, 1.165) is 11.3 Å². The molecule has 0 aliphatic carbocycles. The van der Waals surface area contributed by atoms with Crippen molar-refractivity contribution in [1.82, 2.24) is 0 Å². The van der Waals surface area contributed by atoms with E-state index in [1.54, 1.807) is 11.8 Å². The van der Waals surface area contributed by atoms with Gasteiger partial charge < -0.3 is 24.1 Å². The first-order chi connectivity index (χ1) is 11.5. The topological polar surface area (TPSA) is 57.2 Å². The number of hydrogen-bond donors (Lipinski definition) is 1. The molecule has 0 bridgehead atoms. The highest BCUT2D eigenvalue weighted by atomic mass is 32.2. The summed E-state index contributed by atoms with van der Waals surface area (Å²) in [5.74, 6) is 0.196. The summed E-state index contributed by atoms with van der Waals surface area (Å²) >= 11 is 1.67. The standard InChI is InChI=1S/C18H26O5S/c1-4-24-17-16(20-11-12-8-6-5-7-9-12)15-14(13(10-19)21-17)22-18(2,3)23-15/h5-9,13-17,19H,4,10-11H2,1-3H3. The zero-order valence-electron chi connectivity index (χ0n) is 14.4. The minimum Gasteiger partial charge on any atom is -0.394 e. The van der Waals surface area contributed by atoms with Crippen LogP contribution in [0.4, 0.5) is 0 Å². The first-order valence-electron chi connectivity index (χ1n) is 8.43. The number of aliphatic hydroxyl groups excluding tert-OH is 1. The lowest BCUT2D eigenvalue weighted by atomic mass is 10.00. The molecule has 5 atom stereocenters. The SMILES string of the molecule is CCSC1OC(CO)C2OC(C)(C)OC2C1OCc1ccccc1. The van der Waals surface area contributed by atoms with Gasteiger partial charge in [-0.3, -0.25) is 0 Å². The van der Waals surface area contributed by atoms with E-state index in [1.165, 1.54) is 0 Å². The fourth-order valence-corrected chi connectivity index (χ4v) is 4.20. The monoisotopic (exact) mass is 354 g/mol. The molecule has 6 heteroatoms. The van der Waals surface area contributed by atoms with Crippen LogP contribution in [-0.4, -0.2) is 53.1 Å². The minimum absolute atomic E-state index is 0.0905. The van der Waals surface area contributed by atoms with Gasteiger partial charge in [0, 0.05) is 0 Å². The van der Waals surface area contributed by atoms with E-state index in [9.17, 15) is 5.11 Å². The third kappa shape index (κ3) is 3.95. The predicted molar refractivity (Wildman–Crippen MR) is 92.7 cm³/mol. The zero-order chi connectivity index (χ0) is 17.2. The Balaban J connectivity index is 1.77. The molecule has 5 nitrogen and oxygen atoms in total. The Bertz CT molecular complexity index is 523. The molecule has 2 fully saturated rings. The van der Waals surface area contributed by atoms with Crippen molar-refractivity contribution in [3.63, 3.8) is 0 Å². The van der Waals surface area contributed by atoms with Crippen LogP contribution in [0.3, 0.4) is 0 Å². The number of fused-ring (bicyclic) bond motifs is 1. The highest BCUT2D eigenvalue weighted by Crippen LogP contribution is 2.41. The van der Waals surface area contributed by atoms with Gasteiger partial charge in [-0.15, -0.1) is 11.8 Å². The summed E-state index contributed by atoms with van der Waals surface area (Å²) in [4.78, 5) is 0. The zero-order valence-corrected chi connectivity index (χ0v) is 15.2. The van der Waals surface area contributed by atoms with Crippen LogP contribution in [0.5, 0.6) is 0 Å². The van der Waals surface area contributed by atoms with Crippen LogP contribution in [0.1, 0.15) is 26.3 Å². The van der Waals surface area contributed by atoms with Crippen LogP contribution in [0.25, 0.3) is 0 Å². The van der Waals surface area contributed by atoms with Crippen molar-refractivity contribution < 1.29 is 24.1 Å². The fraction of sp³-hybridized carbons (Fsp3) is 0.667. The van der Waals surface area contributed by atoms with Gasteiger partial charge in [-0.05, 0) is 25.2 Å². The van der Waals surface area contributed by atoms with Crippen LogP contribution in [0.15, 0.2) is 30.3 Å². The van der Waals surface area contributed by atoms with E-state index >= 15 is 0 Å². The number of rotatable bonds is 6. The lowest BCUT2D eigenvalue weighted by Gasteiger charge is -2.41. The lowest BCUT2D eigenvalue weighted by molar-refractivity contribution is -0.187. The summed E-state index contributed by atoms with van der Waals surface area (Å²) in [6.07, 6.45) is -1.21. The van der Waals surface area contributed by atoms with Crippen molar-refractivity contribution in [2.75, 3.05) is 12.4 Å². The van der Waals surface area contributed by atoms with Crippen molar-refractivity contribution in [1.29, 1.82) is 0 Å². The van der Waals surface area contributed by atoms with Gasteiger partial charge in [0.25, 0.3) is 0 Å². The summed E-state index contributed by atoms with van der Waals surface area (Å²) < 4.78 is 24.3. The Morgan fingerprint density at radius 2 is 1.88 bits per heavy atom. The molecule has 0 spiro atoms. The van der Waals surface area contributed by atoms with Crippen LogP contribution >= 0.6 is 11.8 Å². The second-order valence-corrected chi connectivity index (χ2v) is 7.88. The molecular weight excluding hydrogens is 328 g/mol. The molecule has 5 unspecified atom stereocenters. The summed E-state index contributed by atoms with van der Waals surface area (Å²) in [5, 5.41) is 9.68. The minimum atomic E-state index is -0.702. The van der Waals surface area contributed by atoms with E-state index < -0.39 is 11.9 Å². The molecule has 24 heavy (non-hydrogen) atoms. The Labute approximate surface area is 147 Å². The molecule has 1 N–H and O–H groups in total. The van der Waals surface area contributed by atoms with E-state index in [4.69, 9.17) is 18.9 Å². The van der Waals surface area contributed by atoms with Gasteiger partial charge in [0.05, 0.1) is 13.2 Å². The predicted octanol–water partition coefficient (Wildman–Crippen LogP) is 2.56. The van der Waals surface area contributed by atoms with E-state index in [1.807, 2.05) is 44.2 Å². The molecule has 1 aromatic rings. The maximum Gasteiger partial charge on any atom is 0.164 e. The van der Waals surface area contributed by atoms with Gasteiger partial charge in [0.2, 0.25) is 0 Å². The molecule has 134 valence electrons. The first kappa shape index (κ1) is 18.2. The molecule has 2 aliphatic heterocycles. The molecule has 2 heterocycles. The Morgan fingerprint density at radius 3 is 2.54 bits per heavy atom. The largest absolute Gasteiger partial charge is 0.394 e. The van der Waals surface area contributed by atoms with Crippen LogP contribution in [0.2, 0.25) is 0 Å². The second kappa shape index (κ2) is 7.72. The molecule has 0 radical (unpaired) electrons. The number of benzene rings is 1. The summed E-state index contributed by atoms with van der Waals surface area (Å²) in [6, 6.07) is 10.1. The van der Waals surface area contributed by atoms with Crippen LogP contribution in [0, 0.1) is 0 Å². The van der Waals surface area contributed by atoms with E-state index in [-0.39, 0.29) is 30.4 Å². The van der Waals surface area contributed by atoms with Gasteiger partial charge in [-0.25, -0.2) is 0 Å². The van der Waals surface area contributed by atoms with E-state index in [2.05, 4.69) is 6.92 Å². The summed E-state index contributed by atoms with van der Waals surface area (Å²) in [5.41, 5.74) is 0.923. The number of hydrogen-bond acceptors (Lipinski definition) is 6. The highest BCUT2D eigenvalue weighted by Gasteiger charge is 2.55. The average Bonchev–Trinajstić information content (AvgIpc) is 2.89. The Morgan fingerprint density at radius 1 is 1.17 bits per heavy atom. The van der Waals surface area contributed by atoms with Crippen molar-refractivity contribution >= 4 is 11.8 Å². The molecule has 0 saturated carbocycles. The normalized spacial score (nSPS) is 34.9. The first-order valence-corrected chi connectivity index (χ1v) is 9.48. The van der Waals surface area contributed by atoms with E-state index in [0.29, 0.717) is 6.61 Å². The third-order valence-corrected chi connectivity index (χ3v) is 5.27. The summed E-state index contributed by atoms with van der Waals surface area (Å²) in [6.45, 7) is 6.25. The maximum atomic E-state index is 9.68. The van der Waals surface area contributed by atoms with Gasteiger partial charge in [-0.2, -0.15) is 0 Å². The van der Waals surface area contributed by atoms with Gasteiger partial charge in [-0.1, -0.05) is 37.3 Å². The molecular formula is C18H26O5S. The maximum absolute atomic E-state index is 9.68. The molecule has 0 amide bonds. The quantitative estimate of drug-likeness (QED) is 0.847. The van der Waals surface area contributed by atoms with Gasteiger partial charge in [0.15, 0.2) is 5.79 Å². The van der Waals surface area contributed by atoms with Crippen molar-refractivity contribution in [2.45, 2.75) is 63.0 Å². The lowest BCUT2D eigenvalue weighted by Crippen LogP contribution is -2.57. The van der Waals surface area contributed by atoms with Crippen molar-refractivity contribution in [2.24, 2.45) is 0 Å². The van der Waals surface area contributed by atoms with Crippen molar-refractivity contribution in [3.8, 4) is 0 Å². The molecule has 1 aromatic carbocycles. The van der Waals surface area contributed by atoms with Crippen LogP contribution < -0.4 is 0 Å². The summed E-state index contributed by atoms with van der Waals surface area (Å²) in [7, 11) is 0. The number of ether oxygens (including phenoxy) is 4. The highest BCUT2D eigenvalue weighted by molar-refractivity contribution is 7.99. The fourth-order valence-electron chi connectivity index (χ4n) is 3.23. The second-order valence-electron chi connectivity index (χ2n) is 6.51. The Hall–Kier alpha value is -0.630. The smallest absolute Gasteiger partial charge is 0.164 e. The van der Waals surface area contributed by atoms with Gasteiger partial charge in [0.1, 0.15) is 29.9 Å². The number of thioether (sulfide) groups is 1. The van der Waals surface area contributed by atoms with Crippen LogP contribution in [-0.2, 0) is 25.6 Å². The average molecular weight is 354 g/mol. The Kier molecular flexibility index (Phi) is 5.85. The third-order valence-electron chi connectivity index (χ3n) is 4.23. The molecule has 2 saturated heterocycles. The van der Waals surface area contributed by atoms with Gasteiger partial charge >= 0.3 is 0 Å².